The van der Waals surface area contributed by atoms with Crippen LogP contribution in [-0.2, 0) is 4.79 Å². The van der Waals surface area contributed by atoms with E-state index in [1.807, 2.05) is 24.3 Å². The number of H-pyrrole nitrogens is 1. The molecule has 0 saturated carbocycles. The third kappa shape index (κ3) is 1.89. The highest BCUT2D eigenvalue weighted by molar-refractivity contribution is 7.71. The van der Waals surface area contributed by atoms with Crippen molar-refractivity contribution in [3.8, 4) is 0 Å². The lowest BCUT2D eigenvalue weighted by atomic mass is 10.2. The van der Waals surface area contributed by atoms with Gasteiger partial charge in [0.05, 0.1) is 11.0 Å². The molecule has 0 fully saturated rings. The van der Waals surface area contributed by atoms with Gasteiger partial charge >= 0.3 is 0 Å². The molecule has 1 aromatic carbocycles. The van der Waals surface area contributed by atoms with Crippen LogP contribution >= 0.6 is 12.2 Å². The van der Waals surface area contributed by atoms with Gasteiger partial charge in [0, 0.05) is 6.92 Å². The summed E-state index contributed by atoms with van der Waals surface area (Å²) in [5.74, 6) is -0.274. The van der Waals surface area contributed by atoms with Crippen LogP contribution in [0, 0.1) is 4.77 Å². The van der Waals surface area contributed by atoms with E-state index in [0.29, 0.717) is 4.77 Å². The second-order valence-corrected chi connectivity index (χ2v) is 4.16. The highest BCUT2D eigenvalue weighted by atomic mass is 32.1. The van der Waals surface area contributed by atoms with Crippen molar-refractivity contribution in [2.75, 3.05) is 0 Å². The fraction of sp³-hybridized carbons (Fsp3) is 0.167. The Labute approximate surface area is 103 Å². The fourth-order valence-corrected chi connectivity index (χ4v) is 2.15. The Balaban J connectivity index is 2.88. The highest BCUT2D eigenvalue weighted by Gasteiger charge is 2.15. The summed E-state index contributed by atoms with van der Waals surface area (Å²) >= 11 is 5.18. The number of fused-ring (bicyclic) bond motifs is 1. The maximum atomic E-state index is 11.6. The number of nitrogens with zero attached hydrogens (tertiary/aromatic N) is 1. The van der Waals surface area contributed by atoms with Crippen LogP contribution in [0.2, 0.25) is 0 Å². The van der Waals surface area contributed by atoms with Gasteiger partial charge in [0.1, 0.15) is 11.5 Å². The average molecular weight is 248 g/mol. The van der Waals surface area contributed by atoms with Crippen molar-refractivity contribution in [1.82, 2.24) is 9.55 Å². The molecule has 0 atom stereocenters. The first kappa shape index (κ1) is 11.6. The largest absolute Gasteiger partial charge is 0.510 e. The lowest BCUT2D eigenvalue weighted by Crippen LogP contribution is -2.08. The minimum Gasteiger partial charge on any atom is -0.510 e. The van der Waals surface area contributed by atoms with Gasteiger partial charge in [0.2, 0.25) is 0 Å². The minimum absolute atomic E-state index is 0.0432. The molecule has 88 valence electrons. The number of carbonyl (C=O) groups is 1. The van der Waals surface area contributed by atoms with E-state index in [2.05, 4.69) is 4.98 Å². The molecule has 0 aliphatic heterocycles. The normalized spacial score (nSPS) is 12.6. The number of para-hydroxylation sites is 2. The van der Waals surface area contributed by atoms with Crippen molar-refractivity contribution in [2.45, 2.75) is 13.8 Å². The number of aliphatic hydroxyl groups excluding tert-OH is 1. The predicted octanol–water partition coefficient (Wildman–Crippen LogP) is 3.03. The molecular formula is C12H12N2O2S. The topological polar surface area (TPSA) is 58.0 Å². The molecule has 0 amide bonds. The van der Waals surface area contributed by atoms with E-state index in [4.69, 9.17) is 12.2 Å². The standard InChI is InChI=1S/C12H12N2O2S/c1-7(15)11(8(2)16)14-10-6-4-3-5-9(10)13-12(14)17/h3-6,15H,1-2H3,(H,13,17). The van der Waals surface area contributed by atoms with E-state index in [1.54, 1.807) is 4.57 Å². The number of nitrogens with one attached hydrogen (secondary N) is 1. The zero-order chi connectivity index (χ0) is 12.6. The van der Waals surface area contributed by atoms with E-state index in [0.717, 1.165) is 11.0 Å². The minimum atomic E-state index is -0.231. The summed E-state index contributed by atoms with van der Waals surface area (Å²) in [5.41, 5.74) is 1.81. The van der Waals surface area contributed by atoms with Crippen LogP contribution in [0.4, 0.5) is 0 Å². The van der Waals surface area contributed by atoms with Crippen molar-refractivity contribution in [2.24, 2.45) is 0 Å². The van der Waals surface area contributed by atoms with Crippen molar-refractivity contribution in [1.29, 1.82) is 0 Å². The van der Waals surface area contributed by atoms with Gasteiger partial charge < -0.3 is 10.1 Å². The molecule has 0 bridgehead atoms. The predicted molar refractivity (Wildman–Crippen MR) is 69.3 cm³/mol. The Bertz CT molecular complexity index is 675. The van der Waals surface area contributed by atoms with Crippen molar-refractivity contribution in [3.05, 3.63) is 34.8 Å². The van der Waals surface area contributed by atoms with E-state index in [1.165, 1.54) is 13.8 Å². The van der Waals surface area contributed by atoms with Gasteiger partial charge in [-0.15, -0.1) is 0 Å². The molecule has 5 heteroatoms. The molecule has 0 radical (unpaired) electrons. The van der Waals surface area contributed by atoms with Crippen molar-refractivity contribution < 1.29 is 9.90 Å². The second-order valence-electron chi connectivity index (χ2n) is 3.77. The molecule has 2 N–H and O–H groups in total. The van der Waals surface area contributed by atoms with E-state index < -0.39 is 0 Å². The first-order chi connectivity index (χ1) is 8.02. The highest BCUT2D eigenvalue weighted by Crippen LogP contribution is 2.20. The summed E-state index contributed by atoms with van der Waals surface area (Å²) in [6.07, 6.45) is 0. The molecule has 1 aromatic heterocycles. The number of imidazole rings is 1. The monoisotopic (exact) mass is 248 g/mol. The first-order valence-corrected chi connectivity index (χ1v) is 5.54. The Kier molecular flexibility index (Phi) is 2.85. The average Bonchev–Trinajstić information content (AvgIpc) is 2.55. The molecule has 2 rings (SSSR count). The number of rotatable bonds is 2. The maximum Gasteiger partial charge on any atom is 0.182 e. The molecule has 4 nitrogen and oxygen atoms in total. The molecular weight excluding hydrogens is 236 g/mol. The molecule has 1 heterocycles. The number of Topliss-reactive ketones (excluding diaryl/α,β-unsaturated/α-hetero) is 1. The molecule has 0 aliphatic carbocycles. The zero-order valence-electron chi connectivity index (χ0n) is 9.52. The number of allylic oxidation sites excluding steroid dienone is 2. The van der Waals surface area contributed by atoms with E-state index >= 15 is 0 Å². The molecule has 17 heavy (non-hydrogen) atoms. The Morgan fingerprint density at radius 1 is 1.35 bits per heavy atom. The van der Waals surface area contributed by atoms with Crippen molar-refractivity contribution >= 4 is 34.7 Å². The third-order valence-corrected chi connectivity index (χ3v) is 2.77. The fourth-order valence-electron chi connectivity index (χ4n) is 1.85. The molecule has 0 saturated heterocycles. The van der Waals surface area contributed by atoms with Crippen LogP contribution in [-0.4, -0.2) is 20.4 Å². The number of hydrogen-bond acceptors (Lipinski definition) is 3. The molecule has 2 aromatic rings. The Morgan fingerprint density at radius 2 is 2.00 bits per heavy atom. The number of hydrogen-bond donors (Lipinski definition) is 2. The summed E-state index contributed by atoms with van der Waals surface area (Å²) in [6, 6.07) is 7.44. The van der Waals surface area contributed by atoms with E-state index in [9.17, 15) is 9.90 Å². The molecule has 0 spiro atoms. The maximum absolute atomic E-state index is 11.6. The van der Waals surface area contributed by atoms with Crippen LogP contribution < -0.4 is 0 Å². The van der Waals surface area contributed by atoms with E-state index in [-0.39, 0.29) is 17.2 Å². The number of aromatic amines is 1. The van der Waals surface area contributed by atoms with Gasteiger partial charge in [-0.2, -0.15) is 0 Å². The van der Waals surface area contributed by atoms with Crippen LogP contribution in [0.3, 0.4) is 0 Å². The Morgan fingerprint density at radius 3 is 2.59 bits per heavy atom. The van der Waals surface area contributed by atoms with Crippen molar-refractivity contribution in [3.63, 3.8) is 0 Å². The van der Waals surface area contributed by atoms with Crippen LogP contribution in [0.5, 0.6) is 0 Å². The number of ketones is 1. The van der Waals surface area contributed by atoms with Gasteiger partial charge in [-0.25, -0.2) is 0 Å². The van der Waals surface area contributed by atoms with Gasteiger partial charge in [-0.1, -0.05) is 12.1 Å². The number of benzene rings is 1. The smallest absolute Gasteiger partial charge is 0.182 e. The number of aromatic nitrogens is 2. The summed E-state index contributed by atoms with van der Waals surface area (Å²) in [7, 11) is 0. The second kappa shape index (κ2) is 4.18. The lowest BCUT2D eigenvalue weighted by Gasteiger charge is -2.07. The first-order valence-electron chi connectivity index (χ1n) is 5.13. The SMILES string of the molecule is CC(=O)C(=C(C)O)n1c(=S)[nH]c2ccccc21. The summed E-state index contributed by atoms with van der Waals surface area (Å²) < 4.78 is 1.95. The Hall–Kier alpha value is -1.88. The third-order valence-electron chi connectivity index (χ3n) is 2.49. The van der Waals surface area contributed by atoms with Crippen LogP contribution in [0.25, 0.3) is 16.7 Å². The molecule has 0 unspecified atom stereocenters. The van der Waals surface area contributed by atoms with Gasteiger partial charge in [0.15, 0.2) is 10.6 Å². The number of aliphatic hydroxyl groups is 1. The van der Waals surface area contributed by atoms with Gasteiger partial charge in [-0.05, 0) is 31.3 Å². The molecule has 0 aliphatic rings. The quantitative estimate of drug-likeness (QED) is 0.488. The van der Waals surface area contributed by atoms with Gasteiger partial charge in [-0.3, -0.25) is 9.36 Å². The lowest BCUT2D eigenvalue weighted by molar-refractivity contribution is -0.112. The van der Waals surface area contributed by atoms with Crippen LogP contribution in [0.15, 0.2) is 30.0 Å². The summed E-state index contributed by atoms with van der Waals surface area (Å²) in [4.78, 5) is 14.6. The summed E-state index contributed by atoms with van der Waals surface area (Å²) in [5, 5.41) is 9.62. The van der Waals surface area contributed by atoms with Crippen LogP contribution in [0.1, 0.15) is 13.8 Å². The zero-order valence-corrected chi connectivity index (χ0v) is 10.3. The number of carbonyl (C=O) groups excluding carboxylic acids is 1. The van der Waals surface area contributed by atoms with Gasteiger partial charge in [0.25, 0.3) is 0 Å². The summed E-state index contributed by atoms with van der Waals surface area (Å²) in [6.45, 7) is 2.87.